The number of rotatable bonds is 6. The predicted octanol–water partition coefficient (Wildman–Crippen LogP) is 4.03. The maximum atomic E-state index is 12.3. The molecule has 6 nitrogen and oxygen atoms in total. The van der Waals surface area contributed by atoms with E-state index in [-0.39, 0.29) is 5.91 Å². The van der Waals surface area contributed by atoms with Crippen LogP contribution in [0, 0.1) is 6.92 Å². The highest BCUT2D eigenvalue weighted by Crippen LogP contribution is 2.29. The van der Waals surface area contributed by atoms with E-state index in [0.29, 0.717) is 12.2 Å². The molecule has 3 aromatic rings. The number of nitrogens with one attached hydrogen (secondary N) is 1. The fourth-order valence-electron chi connectivity index (χ4n) is 3.67. The topological polar surface area (TPSA) is 67.6 Å². The molecular weight excluding hydrogens is 366 g/mol. The van der Waals surface area contributed by atoms with Gasteiger partial charge in [0.25, 0.3) is 0 Å². The summed E-state index contributed by atoms with van der Waals surface area (Å²) in [6.45, 7) is 8.12. The maximum absolute atomic E-state index is 12.3. The number of aromatic nitrogens is 1. The van der Waals surface area contributed by atoms with E-state index in [1.807, 2.05) is 25.1 Å². The lowest BCUT2D eigenvalue weighted by molar-refractivity contribution is -0.116. The van der Waals surface area contributed by atoms with Gasteiger partial charge in [0, 0.05) is 43.2 Å². The van der Waals surface area contributed by atoms with Crippen LogP contribution >= 0.6 is 0 Å². The molecule has 1 N–H and O–H groups in total. The summed E-state index contributed by atoms with van der Waals surface area (Å²) in [6, 6.07) is 10.2. The molecule has 6 heteroatoms. The normalized spacial score (nSPS) is 15.0. The van der Waals surface area contributed by atoms with Gasteiger partial charge in [0.15, 0.2) is 0 Å². The summed E-state index contributed by atoms with van der Waals surface area (Å²) in [5, 5.41) is 4.97. The van der Waals surface area contributed by atoms with Gasteiger partial charge in [-0.3, -0.25) is 9.69 Å². The number of nitrogens with zero attached hydrogens (tertiary/aromatic N) is 2. The number of fused-ring (bicyclic) bond motifs is 1. The van der Waals surface area contributed by atoms with E-state index in [1.54, 1.807) is 6.20 Å². The number of pyridine rings is 1. The van der Waals surface area contributed by atoms with Crippen molar-refractivity contribution in [3.8, 4) is 11.3 Å². The van der Waals surface area contributed by atoms with E-state index < -0.39 is 0 Å². The first-order valence-corrected chi connectivity index (χ1v) is 10.2. The van der Waals surface area contributed by atoms with Crippen LogP contribution in [0.25, 0.3) is 22.1 Å². The van der Waals surface area contributed by atoms with Crippen LogP contribution in [0.15, 0.2) is 40.9 Å². The van der Waals surface area contributed by atoms with Crippen LogP contribution in [-0.4, -0.2) is 48.6 Å². The first-order valence-electron chi connectivity index (χ1n) is 10.2. The molecule has 1 aliphatic rings. The number of morpholine rings is 1. The van der Waals surface area contributed by atoms with Gasteiger partial charge >= 0.3 is 0 Å². The molecule has 0 spiro atoms. The van der Waals surface area contributed by atoms with Crippen LogP contribution in [0.4, 0.5) is 5.82 Å². The maximum Gasteiger partial charge on any atom is 0.226 e. The van der Waals surface area contributed by atoms with Gasteiger partial charge in [0.2, 0.25) is 5.91 Å². The summed E-state index contributed by atoms with van der Waals surface area (Å²) >= 11 is 0. The van der Waals surface area contributed by atoms with Crippen LogP contribution in [0.1, 0.15) is 24.7 Å². The Morgan fingerprint density at radius 1 is 1.17 bits per heavy atom. The van der Waals surface area contributed by atoms with Crippen LogP contribution in [0.2, 0.25) is 0 Å². The van der Waals surface area contributed by atoms with Crippen molar-refractivity contribution in [2.45, 2.75) is 26.7 Å². The smallest absolute Gasteiger partial charge is 0.226 e. The molecule has 1 saturated heterocycles. The fourth-order valence-corrected chi connectivity index (χ4v) is 3.67. The van der Waals surface area contributed by atoms with Gasteiger partial charge in [-0.15, -0.1) is 0 Å². The van der Waals surface area contributed by atoms with Crippen molar-refractivity contribution in [3.05, 3.63) is 47.9 Å². The minimum absolute atomic E-state index is 0.0197. The molecule has 1 fully saturated rings. The zero-order valence-electron chi connectivity index (χ0n) is 17.0. The van der Waals surface area contributed by atoms with Crippen LogP contribution < -0.4 is 5.32 Å². The van der Waals surface area contributed by atoms with Crippen molar-refractivity contribution in [2.24, 2.45) is 0 Å². The van der Waals surface area contributed by atoms with Crippen molar-refractivity contribution < 1.29 is 13.9 Å². The number of ether oxygens (including phenoxy) is 1. The average molecular weight is 393 g/mol. The molecule has 0 atom stereocenters. The Morgan fingerprint density at radius 2 is 2.00 bits per heavy atom. The third kappa shape index (κ3) is 4.66. The van der Waals surface area contributed by atoms with Crippen molar-refractivity contribution >= 4 is 22.5 Å². The minimum atomic E-state index is -0.0197. The second-order valence-electron chi connectivity index (χ2n) is 7.43. The Hall–Kier alpha value is -2.70. The van der Waals surface area contributed by atoms with Gasteiger partial charge in [-0.1, -0.05) is 19.1 Å². The summed E-state index contributed by atoms with van der Waals surface area (Å²) in [5.74, 6) is 2.39. The lowest BCUT2D eigenvalue weighted by Gasteiger charge is -2.26. The van der Waals surface area contributed by atoms with Crippen LogP contribution in [-0.2, 0) is 16.0 Å². The summed E-state index contributed by atoms with van der Waals surface area (Å²) in [5.41, 5.74) is 2.25. The van der Waals surface area contributed by atoms with Gasteiger partial charge in [0.1, 0.15) is 17.3 Å². The molecule has 0 bridgehead atoms. The van der Waals surface area contributed by atoms with Crippen LogP contribution in [0.5, 0.6) is 0 Å². The number of amides is 1. The van der Waals surface area contributed by atoms with Crippen molar-refractivity contribution in [1.82, 2.24) is 9.88 Å². The summed E-state index contributed by atoms with van der Waals surface area (Å²) in [6.07, 6.45) is 3.19. The molecule has 0 radical (unpaired) electrons. The highest BCUT2D eigenvalue weighted by atomic mass is 16.5. The Balaban J connectivity index is 1.46. The van der Waals surface area contributed by atoms with Gasteiger partial charge < -0.3 is 14.5 Å². The Bertz CT molecular complexity index is 1010. The first kappa shape index (κ1) is 19.6. The molecule has 1 aliphatic heterocycles. The first-order chi connectivity index (χ1) is 14.1. The second kappa shape index (κ2) is 8.76. The molecule has 2 aromatic heterocycles. The number of furan rings is 1. The number of anilines is 1. The molecule has 1 aromatic carbocycles. The number of hydrogen-bond donors (Lipinski definition) is 1. The highest BCUT2D eigenvalue weighted by Gasteiger charge is 2.13. The van der Waals surface area contributed by atoms with Gasteiger partial charge in [-0.2, -0.15) is 0 Å². The van der Waals surface area contributed by atoms with Gasteiger partial charge in [-0.25, -0.2) is 4.98 Å². The Morgan fingerprint density at radius 3 is 2.76 bits per heavy atom. The molecule has 29 heavy (non-hydrogen) atoms. The SMILES string of the molecule is CCc1cc(-c2ccc3cnc(NC(=O)CCN4CCOCC4)cc3c2)oc1C. The van der Waals surface area contributed by atoms with Crippen molar-refractivity contribution in [3.63, 3.8) is 0 Å². The molecule has 0 aliphatic carbocycles. The number of hydrogen-bond acceptors (Lipinski definition) is 5. The molecule has 3 heterocycles. The largest absolute Gasteiger partial charge is 0.461 e. The molecule has 4 rings (SSSR count). The van der Waals surface area contributed by atoms with Crippen molar-refractivity contribution in [2.75, 3.05) is 38.2 Å². The predicted molar refractivity (Wildman–Crippen MR) is 114 cm³/mol. The van der Waals surface area contributed by atoms with Gasteiger partial charge in [0.05, 0.1) is 13.2 Å². The molecular formula is C23H27N3O3. The zero-order valence-corrected chi connectivity index (χ0v) is 17.0. The van der Waals surface area contributed by atoms with Gasteiger partial charge in [-0.05, 0) is 42.5 Å². The van der Waals surface area contributed by atoms with E-state index in [1.165, 1.54) is 5.56 Å². The van der Waals surface area contributed by atoms with E-state index in [0.717, 1.165) is 67.1 Å². The summed E-state index contributed by atoms with van der Waals surface area (Å²) < 4.78 is 11.3. The van der Waals surface area contributed by atoms with E-state index in [9.17, 15) is 4.79 Å². The Labute approximate surface area is 170 Å². The molecule has 0 unspecified atom stereocenters. The minimum Gasteiger partial charge on any atom is -0.461 e. The fraction of sp³-hybridized carbons (Fsp3) is 0.391. The van der Waals surface area contributed by atoms with Crippen LogP contribution in [0.3, 0.4) is 0 Å². The lowest BCUT2D eigenvalue weighted by Crippen LogP contribution is -2.38. The van der Waals surface area contributed by atoms with E-state index in [2.05, 4.69) is 34.3 Å². The summed E-state index contributed by atoms with van der Waals surface area (Å²) in [7, 11) is 0. The summed E-state index contributed by atoms with van der Waals surface area (Å²) in [4.78, 5) is 19.0. The van der Waals surface area contributed by atoms with E-state index >= 15 is 0 Å². The second-order valence-corrected chi connectivity index (χ2v) is 7.43. The number of aryl methyl sites for hydroxylation is 2. The third-order valence-electron chi connectivity index (χ3n) is 5.43. The van der Waals surface area contributed by atoms with E-state index in [4.69, 9.17) is 9.15 Å². The Kier molecular flexibility index (Phi) is 5.92. The third-order valence-corrected chi connectivity index (χ3v) is 5.43. The molecule has 0 saturated carbocycles. The molecule has 152 valence electrons. The zero-order chi connectivity index (χ0) is 20.2. The standard InChI is InChI=1S/C23H27N3O3/c1-3-17-13-21(29-16(17)2)18-4-5-19-15-24-22(14-20(19)12-18)25-23(27)6-7-26-8-10-28-11-9-26/h4-5,12-15H,3,6-11H2,1-2H3,(H,24,25,27). The van der Waals surface area contributed by atoms with Crippen molar-refractivity contribution in [1.29, 1.82) is 0 Å². The molecule has 1 amide bonds. The number of benzene rings is 1. The monoisotopic (exact) mass is 393 g/mol. The highest BCUT2D eigenvalue weighted by molar-refractivity contribution is 5.93. The average Bonchev–Trinajstić information content (AvgIpc) is 3.13. The number of carbonyl (C=O) groups excluding carboxylic acids is 1. The quantitative estimate of drug-likeness (QED) is 0.685. The lowest BCUT2D eigenvalue weighted by atomic mass is 10.1. The number of carbonyl (C=O) groups is 1.